The van der Waals surface area contributed by atoms with E-state index >= 15 is 0 Å². The summed E-state index contributed by atoms with van der Waals surface area (Å²) in [6.45, 7) is 0. The Morgan fingerprint density at radius 1 is 0.292 bits per heavy atom. The van der Waals surface area contributed by atoms with Gasteiger partial charge in [-0.15, -0.1) is 0 Å². The first kappa shape index (κ1) is 76.9. The van der Waals surface area contributed by atoms with E-state index < -0.39 is 57.6 Å². The standard InChI is InChI=1S/4AsClO2.8Li/c4*2-1(3)4;;;;;;;;/q4*-2;8*+1. The van der Waals surface area contributed by atoms with Gasteiger partial charge in [-0.2, -0.15) is 0 Å². The molecule has 0 fully saturated rings. The Hall–Kier alpha value is 7.85. The first-order valence-electron chi connectivity index (χ1n) is 2.14. The second-order valence-electron chi connectivity index (χ2n) is 0.850. The van der Waals surface area contributed by atoms with Crippen LogP contribution in [0.25, 0.3) is 0 Å². The number of hydrogen-bond acceptors (Lipinski definition) is 8. The second kappa shape index (κ2) is 69.8. The van der Waals surface area contributed by atoms with E-state index in [0.717, 1.165) is 0 Å². The van der Waals surface area contributed by atoms with Gasteiger partial charge >= 0.3 is 281 Å². The van der Waals surface area contributed by atoms with Crippen LogP contribution in [0.5, 0.6) is 0 Å². The minimum atomic E-state index is -3.22. The summed E-state index contributed by atoms with van der Waals surface area (Å²) in [5, 5.41) is 0. The van der Waals surface area contributed by atoms with Crippen molar-refractivity contribution in [1.29, 1.82) is 0 Å². The normalized spacial score (nSPS) is 6.00. The molecule has 0 atom stereocenters. The van der Waals surface area contributed by atoms with Crippen molar-refractivity contribution in [2.75, 3.05) is 0 Å². The third-order valence-corrected chi connectivity index (χ3v) is 0. The van der Waals surface area contributed by atoms with Crippen molar-refractivity contribution in [2.24, 2.45) is 0 Å². The molecule has 0 aromatic rings. The Morgan fingerprint density at radius 2 is 0.292 bits per heavy atom. The van der Waals surface area contributed by atoms with Gasteiger partial charge in [0.15, 0.2) is 0 Å². The van der Waals surface area contributed by atoms with E-state index in [1.165, 1.54) is 0 Å². The van der Waals surface area contributed by atoms with Crippen LogP contribution in [-0.4, -0.2) is 57.6 Å². The predicted octanol–water partition coefficient (Wildman–Crippen LogP) is -32.2. The van der Waals surface area contributed by atoms with Crippen LogP contribution < -0.4 is 184 Å². The molecule has 0 aromatic heterocycles. The Labute approximate surface area is 275 Å². The molecule has 8 nitrogen and oxygen atoms in total. The van der Waals surface area contributed by atoms with Crippen molar-refractivity contribution in [1.82, 2.24) is 0 Å². The SMILES string of the molecule is [Li+].[Li+].[Li+].[Li+].[Li+].[Li+].[Li+].[Li+].[O-][As]([O-])Cl.[O-][As]([O-])Cl.[O-][As]([O-])Cl.[O-][As]([O-])Cl. The average Bonchev–Trinajstić information content (AvgIpc) is 1.76. The molecular formula is As4Cl4Li8O8. The van der Waals surface area contributed by atoms with Crippen molar-refractivity contribution in [3.8, 4) is 0 Å². The van der Waals surface area contributed by atoms with E-state index in [2.05, 4.69) is 39.8 Å². The van der Waals surface area contributed by atoms with Gasteiger partial charge in [0, 0.05) is 0 Å². The third-order valence-electron chi connectivity index (χ3n) is 0. The van der Waals surface area contributed by atoms with Crippen molar-refractivity contribution in [2.45, 2.75) is 0 Å². The molecule has 24 heavy (non-hydrogen) atoms. The number of halogens is 4. The van der Waals surface area contributed by atoms with Gasteiger partial charge in [-0.05, 0) is 0 Å². The fourth-order valence-corrected chi connectivity index (χ4v) is 0. The summed E-state index contributed by atoms with van der Waals surface area (Å²) in [4.78, 5) is 0. The van der Waals surface area contributed by atoms with Crippen LogP contribution in [-0.2, 0) is 0 Å². The fourth-order valence-electron chi connectivity index (χ4n) is 0. The molecule has 0 saturated heterocycles. The molecular weight excluding hydrogens is 625 g/mol. The fraction of sp³-hybridized carbons (Fsp3) is 0. The molecule has 0 aliphatic rings. The summed E-state index contributed by atoms with van der Waals surface area (Å²) in [7, 11) is 17.2. The van der Waals surface area contributed by atoms with Crippen molar-refractivity contribution < 1.29 is 184 Å². The molecule has 0 spiro atoms. The van der Waals surface area contributed by atoms with Gasteiger partial charge in [-0.25, -0.2) is 0 Å². The maximum atomic E-state index is 8.88. The maximum absolute atomic E-state index is 8.88. The van der Waals surface area contributed by atoms with Gasteiger partial charge < -0.3 is 0 Å². The monoisotopic (exact) mass is 624 g/mol. The van der Waals surface area contributed by atoms with E-state index in [4.69, 9.17) is 32.8 Å². The summed E-state index contributed by atoms with van der Waals surface area (Å²) >= 11 is -12.9. The molecule has 0 heterocycles. The first-order valence-corrected chi connectivity index (χ1v) is 18.1. The Kier molecular flexibility index (Phi) is 224. The molecule has 0 aliphatic carbocycles. The summed E-state index contributed by atoms with van der Waals surface area (Å²) in [5.74, 6) is 0. The molecule has 0 amide bonds. The summed E-state index contributed by atoms with van der Waals surface area (Å²) in [6.07, 6.45) is 0. The molecule has 0 aromatic carbocycles. The molecule has 104 valence electrons. The zero-order valence-corrected chi connectivity index (χ0v) is 25.1. The van der Waals surface area contributed by atoms with Gasteiger partial charge in [0.2, 0.25) is 0 Å². The topological polar surface area (TPSA) is 184 Å². The molecule has 24 heteroatoms. The van der Waals surface area contributed by atoms with Gasteiger partial charge in [-0.1, -0.05) is 0 Å². The number of rotatable bonds is 0. The van der Waals surface area contributed by atoms with Gasteiger partial charge in [0.05, 0.1) is 0 Å². The molecule has 0 rings (SSSR count). The van der Waals surface area contributed by atoms with Gasteiger partial charge in [-0.3, -0.25) is 0 Å². The van der Waals surface area contributed by atoms with E-state index in [1.807, 2.05) is 0 Å². The molecule has 0 radical (unpaired) electrons. The summed E-state index contributed by atoms with van der Waals surface area (Å²) in [6, 6.07) is 0. The van der Waals surface area contributed by atoms with E-state index in [-0.39, 0.29) is 151 Å². The number of hydrogen-bond donors (Lipinski definition) is 0. The average molecular weight is 625 g/mol. The van der Waals surface area contributed by atoms with E-state index in [0.29, 0.717) is 0 Å². The third kappa shape index (κ3) is 403. The van der Waals surface area contributed by atoms with Crippen molar-refractivity contribution in [3.05, 3.63) is 0 Å². The van der Waals surface area contributed by atoms with Crippen LogP contribution in [0, 0.1) is 0 Å². The van der Waals surface area contributed by atoms with Gasteiger partial charge in [0.25, 0.3) is 0 Å². The van der Waals surface area contributed by atoms with E-state index in [1.54, 1.807) is 0 Å². The summed E-state index contributed by atoms with van der Waals surface area (Å²) in [5.41, 5.74) is 0. The minimum absolute atomic E-state index is 0. The zero-order valence-electron chi connectivity index (χ0n) is 14.6. The zero-order chi connectivity index (χ0) is 14.3. The predicted molar refractivity (Wildman–Crippen MR) is 46.4 cm³/mol. The molecule has 0 saturated carbocycles. The molecule has 0 unspecified atom stereocenters. The Morgan fingerprint density at radius 3 is 0.292 bits per heavy atom. The van der Waals surface area contributed by atoms with Crippen LogP contribution in [0.2, 0.25) is 0 Å². The van der Waals surface area contributed by atoms with Gasteiger partial charge in [0.1, 0.15) is 0 Å². The van der Waals surface area contributed by atoms with Crippen molar-refractivity contribution in [3.63, 3.8) is 0 Å². The second-order valence-corrected chi connectivity index (χ2v) is 10.2. The molecule has 0 N–H and O–H groups in total. The molecule has 0 bridgehead atoms. The van der Waals surface area contributed by atoms with Crippen molar-refractivity contribution >= 4 is 97.4 Å². The van der Waals surface area contributed by atoms with E-state index in [9.17, 15) is 0 Å². The van der Waals surface area contributed by atoms with Crippen LogP contribution in [0.1, 0.15) is 0 Å². The Balaban J connectivity index is -0.00000000720. The summed E-state index contributed by atoms with van der Waals surface area (Å²) < 4.78 is 71.1. The first-order chi connectivity index (χ1) is 6.93. The van der Waals surface area contributed by atoms with Crippen LogP contribution in [0.4, 0.5) is 0 Å². The van der Waals surface area contributed by atoms with Crippen LogP contribution in [0.15, 0.2) is 0 Å². The molecule has 0 aliphatic heterocycles. The quantitative estimate of drug-likeness (QED) is 0.238. The van der Waals surface area contributed by atoms with Crippen LogP contribution >= 0.6 is 39.8 Å². The van der Waals surface area contributed by atoms with Crippen LogP contribution in [0.3, 0.4) is 0 Å². The Bertz CT molecular complexity index is 89.1.